The first kappa shape index (κ1) is 10.3. The van der Waals surface area contributed by atoms with Gasteiger partial charge in [-0.2, -0.15) is 0 Å². The van der Waals surface area contributed by atoms with Crippen LogP contribution in [-0.4, -0.2) is 24.0 Å². The van der Waals surface area contributed by atoms with E-state index in [-0.39, 0.29) is 11.9 Å². The van der Waals surface area contributed by atoms with Crippen molar-refractivity contribution in [2.75, 3.05) is 18.1 Å². The monoisotopic (exact) mass is 194 g/mol. The lowest BCUT2D eigenvalue weighted by atomic mass is 10.3. The standard InChI is InChI=1S/C9H14N4O/c1-6(9(14)11-2)13-8-5-7(10)3-4-12-8/h3-6H,1-2H3,(H,11,14)(H3,10,12,13). The highest BCUT2D eigenvalue weighted by Gasteiger charge is 2.10. The Morgan fingerprint density at radius 2 is 2.36 bits per heavy atom. The van der Waals surface area contributed by atoms with E-state index >= 15 is 0 Å². The zero-order chi connectivity index (χ0) is 10.6. The number of carbonyl (C=O) groups excluding carboxylic acids is 1. The van der Waals surface area contributed by atoms with Gasteiger partial charge in [-0.3, -0.25) is 4.79 Å². The molecule has 5 heteroatoms. The van der Waals surface area contributed by atoms with Crippen molar-refractivity contribution in [3.8, 4) is 0 Å². The van der Waals surface area contributed by atoms with Gasteiger partial charge in [0.15, 0.2) is 0 Å². The van der Waals surface area contributed by atoms with Crippen LogP contribution in [0.2, 0.25) is 0 Å². The first-order valence-electron chi connectivity index (χ1n) is 4.33. The van der Waals surface area contributed by atoms with Crippen LogP contribution in [0.25, 0.3) is 0 Å². The van der Waals surface area contributed by atoms with Crippen molar-refractivity contribution in [2.24, 2.45) is 0 Å². The number of nitrogen functional groups attached to an aromatic ring is 1. The molecule has 1 atom stereocenters. The SMILES string of the molecule is CNC(=O)C(C)Nc1cc(N)ccn1. The molecule has 1 amide bonds. The van der Waals surface area contributed by atoms with Gasteiger partial charge in [0.25, 0.3) is 0 Å². The fourth-order valence-electron chi connectivity index (χ4n) is 1.03. The minimum Gasteiger partial charge on any atom is -0.399 e. The van der Waals surface area contributed by atoms with Crippen molar-refractivity contribution in [1.29, 1.82) is 0 Å². The Morgan fingerprint density at radius 3 is 2.93 bits per heavy atom. The predicted molar refractivity (Wildman–Crippen MR) is 55.8 cm³/mol. The van der Waals surface area contributed by atoms with Crippen LogP contribution in [0.3, 0.4) is 0 Å². The predicted octanol–water partition coefficient (Wildman–Crippen LogP) is 0.210. The number of carbonyl (C=O) groups is 1. The minimum absolute atomic E-state index is 0.0887. The number of aromatic nitrogens is 1. The van der Waals surface area contributed by atoms with Gasteiger partial charge in [-0.05, 0) is 13.0 Å². The van der Waals surface area contributed by atoms with Crippen molar-refractivity contribution < 1.29 is 4.79 Å². The summed E-state index contributed by atoms with van der Waals surface area (Å²) in [5.41, 5.74) is 6.18. The second kappa shape index (κ2) is 4.45. The summed E-state index contributed by atoms with van der Waals surface area (Å²) in [7, 11) is 1.59. The van der Waals surface area contributed by atoms with E-state index < -0.39 is 0 Å². The summed E-state index contributed by atoms with van der Waals surface area (Å²) in [6.07, 6.45) is 1.59. The molecule has 0 aliphatic carbocycles. The van der Waals surface area contributed by atoms with Crippen molar-refractivity contribution in [2.45, 2.75) is 13.0 Å². The fraction of sp³-hybridized carbons (Fsp3) is 0.333. The van der Waals surface area contributed by atoms with Gasteiger partial charge in [0, 0.05) is 25.0 Å². The Bertz CT molecular complexity index is 326. The van der Waals surface area contributed by atoms with E-state index in [1.54, 1.807) is 32.3 Å². The molecule has 1 heterocycles. The maximum atomic E-state index is 11.2. The van der Waals surface area contributed by atoms with Gasteiger partial charge in [-0.1, -0.05) is 0 Å². The van der Waals surface area contributed by atoms with Crippen LogP contribution in [0.1, 0.15) is 6.92 Å². The van der Waals surface area contributed by atoms with Gasteiger partial charge < -0.3 is 16.4 Å². The molecule has 0 bridgehead atoms. The summed E-state index contributed by atoms with van der Waals surface area (Å²) >= 11 is 0. The quantitative estimate of drug-likeness (QED) is 0.642. The van der Waals surface area contributed by atoms with E-state index in [9.17, 15) is 4.79 Å². The van der Waals surface area contributed by atoms with Crippen molar-refractivity contribution in [3.63, 3.8) is 0 Å². The van der Waals surface area contributed by atoms with E-state index in [4.69, 9.17) is 5.73 Å². The summed E-state index contributed by atoms with van der Waals surface area (Å²) in [5, 5.41) is 5.47. The maximum absolute atomic E-state index is 11.2. The number of amides is 1. The molecule has 0 aliphatic heterocycles. The van der Waals surface area contributed by atoms with Crippen molar-refractivity contribution in [1.82, 2.24) is 10.3 Å². The van der Waals surface area contributed by atoms with Crippen LogP contribution >= 0.6 is 0 Å². The molecular weight excluding hydrogens is 180 g/mol. The number of pyridine rings is 1. The number of nitrogens with one attached hydrogen (secondary N) is 2. The Morgan fingerprint density at radius 1 is 1.64 bits per heavy atom. The van der Waals surface area contributed by atoms with Crippen LogP contribution in [0.4, 0.5) is 11.5 Å². The number of likely N-dealkylation sites (N-methyl/N-ethyl adjacent to an activating group) is 1. The van der Waals surface area contributed by atoms with Gasteiger partial charge in [0.2, 0.25) is 5.91 Å². The highest BCUT2D eigenvalue weighted by molar-refractivity contribution is 5.83. The first-order valence-corrected chi connectivity index (χ1v) is 4.33. The van der Waals surface area contributed by atoms with Gasteiger partial charge in [0.1, 0.15) is 11.9 Å². The number of rotatable bonds is 3. The average molecular weight is 194 g/mol. The molecular formula is C9H14N4O. The highest BCUT2D eigenvalue weighted by Crippen LogP contribution is 2.08. The molecule has 1 aromatic heterocycles. The van der Waals surface area contributed by atoms with Crippen molar-refractivity contribution >= 4 is 17.4 Å². The van der Waals surface area contributed by atoms with Gasteiger partial charge >= 0.3 is 0 Å². The first-order chi connectivity index (χ1) is 6.63. The van der Waals surface area contributed by atoms with Crippen LogP contribution in [0.5, 0.6) is 0 Å². The molecule has 76 valence electrons. The third-order valence-electron chi connectivity index (χ3n) is 1.79. The molecule has 0 fully saturated rings. The average Bonchev–Trinajstić information content (AvgIpc) is 2.16. The molecule has 0 aromatic carbocycles. The second-order valence-corrected chi connectivity index (χ2v) is 2.95. The lowest BCUT2D eigenvalue weighted by Gasteiger charge is -2.12. The zero-order valence-electron chi connectivity index (χ0n) is 8.24. The molecule has 0 saturated carbocycles. The number of nitrogens with zero attached hydrogens (tertiary/aromatic N) is 1. The lowest BCUT2D eigenvalue weighted by molar-refractivity contribution is -0.121. The van der Waals surface area contributed by atoms with E-state index in [0.29, 0.717) is 11.5 Å². The molecule has 1 aromatic rings. The molecule has 0 spiro atoms. The van der Waals surface area contributed by atoms with Crippen LogP contribution in [0.15, 0.2) is 18.3 Å². The molecule has 5 nitrogen and oxygen atoms in total. The zero-order valence-corrected chi connectivity index (χ0v) is 8.24. The number of nitrogens with two attached hydrogens (primary N) is 1. The van der Waals surface area contributed by atoms with Gasteiger partial charge in [-0.15, -0.1) is 0 Å². The Labute approximate surface area is 82.7 Å². The molecule has 14 heavy (non-hydrogen) atoms. The Kier molecular flexibility index (Phi) is 3.28. The normalized spacial score (nSPS) is 11.9. The number of hydrogen-bond acceptors (Lipinski definition) is 4. The van der Waals surface area contributed by atoms with E-state index in [2.05, 4.69) is 15.6 Å². The van der Waals surface area contributed by atoms with Gasteiger partial charge in [-0.25, -0.2) is 4.98 Å². The number of hydrogen-bond donors (Lipinski definition) is 3. The Balaban J connectivity index is 2.64. The molecule has 4 N–H and O–H groups in total. The van der Waals surface area contributed by atoms with Crippen molar-refractivity contribution in [3.05, 3.63) is 18.3 Å². The summed E-state index contributed by atoms with van der Waals surface area (Å²) in [4.78, 5) is 15.2. The molecule has 0 saturated heterocycles. The highest BCUT2D eigenvalue weighted by atomic mass is 16.2. The van der Waals surface area contributed by atoms with Crippen LogP contribution in [0, 0.1) is 0 Å². The second-order valence-electron chi connectivity index (χ2n) is 2.95. The van der Waals surface area contributed by atoms with Crippen LogP contribution in [-0.2, 0) is 4.79 Å². The molecule has 0 aliphatic rings. The minimum atomic E-state index is -0.325. The topological polar surface area (TPSA) is 80.0 Å². The smallest absolute Gasteiger partial charge is 0.241 e. The van der Waals surface area contributed by atoms with Crippen LogP contribution < -0.4 is 16.4 Å². The van der Waals surface area contributed by atoms with E-state index in [0.717, 1.165) is 0 Å². The van der Waals surface area contributed by atoms with E-state index in [1.807, 2.05) is 0 Å². The molecule has 1 unspecified atom stereocenters. The molecule has 0 radical (unpaired) electrons. The fourth-order valence-corrected chi connectivity index (χ4v) is 1.03. The summed E-state index contributed by atoms with van der Waals surface area (Å²) in [6.45, 7) is 1.75. The summed E-state index contributed by atoms with van der Waals surface area (Å²) < 4.78 is 0. The third-order valence-corrected chi connectivity index (χ3v) is 1.79. The third kappa shape index (κ3) is 2.62. The summed E-state index contributed by atoms with van der Waals surface area (Å²) in [6, 6.07) is 3.05. The van der Waals surface area contributed by atoms with Gasteiger partial charge in [0.05, 0.1) is 0 Å². The summed E-state index contributed by atoms with van der Waals surface area (Å²) in [5.74, 6) is 0.510. The molecule has 1 rings (SSSR count). The Hall–Kier alpha value is -1.78. The lowest BCUT2D eigenvalue weighted by Crippen LogP contribution is -2.35. The largest absolute Gasteiger partial charge is 0.399 e. The van der Waals surface area contributed by atoms with E-state index in [1.165, 1.54) is 0 Å². The number of anilines is 2. The maximum Gasteiger partial charge on any atom is 0.241 e.